The Morgan fingerprint density at radius 3 is 2.70 bits per heavy atom. The number of benzene rings is 1. The molecule has 0 fully saturated rings. The van der Waals surface area contributed by atoms with E-state index in [-0.39, 0.29) is 34.9 Å². The van der Waals surface area contributed by atoms with E-state index in [1.165, 1.54) is 10.6 Å². The van der Waals surface area contributed by atoms with E-state index in [9.17, 15) is 9.59 Å². The molecule has 1 aromatic heterocycles. The third kappa shape index (κ3) is 3.91. The third-order valence-corrected chi connectivity index (χ3v) is 4.63. The molecule has 0 bridgehead atoms. The number of H-pyrrole nitrogens is 1. The van der Waals surface area contributed by atoms with Crippen LogP contribution in [0, 0.1) is 0 Å². The second-order valence-corrected chi connectivity index (χ2v) is 6.18. The van der Waals surface area contributed by atoms with E-state index in [2.05, 4.69) is 4.98 Å². The van der Waals surface area contributed by atoms with Gasteiger partial charge in [0, 0.05) is 0 Å². The molecule has 0 saturated carbocycles. The summed E-state index contributed by atoms with van der Waals surface area (Å²) < 4.78 is 8.24. The average molecular weight is 341 g/mol. The predicted molar refractivity (Wildman–Crippen MR) is 75.8 cm³/mol. The predicted octanol–water partition coefficient (Wildman–Crippen LogP) is -1.84. The van der Waals surface area contributed by atoms with E-state index in [1.807, 2.05) is 30.3 Å². The van der Waals surface area contributed by atoms with Gasteiger partial charge in [-0.2, -0.15) is 0 Å². The summed E-state index contributed by atoms with van der Waals surface area (Å²) >= 11 is -0.169. The first kappa shape index (κ1) is 14.7. The molecule has 7 heteroatoms. The van der Waals surface area contributed by atoms with Crippen molar-refractivity contribution in [3.63, 3.8) is 0 Å². The van der Waals surface area contributed by atoms with Crippen molar-refractivity contribution in [2.45, 2.75) is 6.73 Å². The molecule has 2 N–H and O–H groups in total. The van der Waals surface area contributed by atoms with Gasteiger partial charge in [0.15, 0.2) is 0 Å². The van der Waals surface area contributed by atoms with Crippen molar-refractivity contribution >= 4 is 24.0 Å². The number of hydrogen-bond acceptors (Lipinski definition) is 4. The second kappa shape index (κ2) is 7.21. The molecule has 0 amide bonds. The van der Waals surface area contributed by atoms with Gasteiger partial charge in [-0.1, -0.05) is 0 Å². The Kier molecular flexibility index (Phi) is 5.31. The van der Waals surface area contributed by atoms with Crippen molar-refractivity contribution in [3.8, 4) is 0 Å². The van der Waals surface area contributed by atoms with E-state index in [0.717, 1.165) is 4.46 Å². The summed E-state index contributed by atoms with van der Waals surface area (Å²) in [4.78, 5) is 25.5. The summed E-state index contributed by atoms with van der Waals surface area (Å²) in [5.41, 5.74) is -0.913. The van der Waals surface area contributed by atoms with Crippen LogP contribution < -0.4 is 20.3 Å². The summed E-state index contributed by atoms with van der Waals surface area (Å²) in [6.45, 7) is 0.0424. The average Bonchev–Trinajstić information content (AvgIpc) is 2.43. The van der Waals surface area contributed by atoms with Crippen LogP contribution in [0.5, 0.6) is 0 Å². The van der Waals surface area contributed by atoms with Gasteiger partial charge < -0.3 is 0 Å². The molecule has 1 heterocycles. The first-order valence-corrected chi connectivity index (χ1v) is 7.67. The Morgan fingerprint density at radius 1 is 1.25 bits per heavy atom. The van der Waals surface area contributed by atoms with Gasteiger partial charge in [0.25, 0.3) is 0 Å². The van der Waals surface area contributed by atoms with Crippen LogP contribution in [0.25, 0.3) is 0 Å². The van der Waals surface area contributed by atoms with Crippen molar-refractivity contribution in [1.29, 1.82) is 0 Å². The molecule has 0 saturated heterocycles. The summed E-state index contributed by atoms with van der Waals surface area (Å²) in [6, 6.07) is 11.0. The van der Waals surface area contributed by atoms with Crippen LogP contribution in [-0.4, -0.2) is 42.8 Å². The molecule has 2 aromatic rings. The second-order valence-electron chi connectivity index (χ2n) is 3.88. The molecule has 1 aromatic carbocycles. The number of aromatic nitrogens is 2. The standard InChI is InChI=1S/C13H14N2O4Se/c16-6-7-19-9-15-12(8-11(17)14-13(15)18)20-10-4-2-1-3-5-10/h1-5,8,16H,6-7,9H2,(H,14,17,18). The number of nitrogens with one attached hydrogen (secondary N) is 1. The van der Waals surface area contributed by atoms with Crippen molar-refractivity contribution in [1.82, 2.24) is 9.55 Å². The van der Waals surface area contributed by atoms with Crippen LogP contribution in [0.1, 0.15) is 0 Å². The topological polar surface area (TPSA) is 84.3 Å². The monoisotopic (exact) mass is 342 g/mol. The first-order chi connectivity index (χ1) is 9.70. The Morgan fingerprint density at radius 2 is 2.00 bits per heavy atom. The maximum atomic E-state index is 11.8. The summed E-state index contributed by atoms with van der Waals surface area (Å²) in [6.07, 6.45) is 0. The molecule has 106 valence electrons. The van der Waals surface area contributed by atoms with E-state index in [4.69, 9.17) is 9.84 Å². The molecule has 0 aliphatic heterocycles. The number of aromatic amines is 1. The van der Waals surface area contributed by atoms with Crippen LogP contribution in [0.2, 0.25) is 0 Å². The fourth-order valence-corrected chi connectivity index (χ4v) is 3.52. The van der Waals surface area contributed by atoms with E-state index in [1.54, 1.807) is 0 Å². The van der Waals surface area contributed by atoms with Crippen molar-refractivity contribution in [2.75, 3.05) is 13.2 Å². The van der Waals surface area contributed by atoms with Gasteiger partial charge in [0.2, 0.25) is 0 Å². The van der Waals surface area contributed by atoms with Crippen LogP contribution in [0.4, 0.5) is 0 Å². The molecule has 0 radical (unpaired) electrons. The van der Waals surface area contributed by atoms with E-state index < -0.39 is 11.2 Å². The summed E-state index contributed by atoms with van der Waals surface area (Å²) in [5, 5.41) is 8.70. The van der Waals surface area contributed by atoms with Gasteiger partial charge in [0.05, 0.1) is 0 Å². The van der Waals surface area contributed by atoms with Crippen LogP contribution in [-0.2, 0) is 11.5 Å². The summed E-state index contributed by atoms with van der Waals surface area (Å²) in [5.74, 6) is 0. The molecule has 20 heavy (non-hydrogen) atoms. The van der Waals surface area contributed by atoms with E-state index in [0.29, 0.717) is 4.59 Å². The van der Waals surface area contributed by atoms with Crippen molar-refractivity contribution in [2.24, 2.45) is 0 Å². The Labute approximate surface area is 121 Å². The minimum absolute atomic E-state index is 0.0140. The Hall–Kier alpha value is -1.66. The number of hydrogen-bond donors (Lipinski definition) is 2. The first-order valence-electron chi connectivity index (χ1n) is 5.96. The van der Waals surface area contributed by atoms with Crippen molar-refractivity contribution in [3.05, 3.63) is 57.2 Å². The zero-order chi connectivity index (χ0) is 14.4. The zero-order valence-corrected chi connectivity index (χ0v) is 12.3. The minimum atomic E-state index is -0.497. The van der Waals surface area contributed by atoms with Gasteiger partial charge in [-0.15, -0.1) is 0 Å². The molecule has 0 aliphatic carbocycles. The van der Waals surface area contributed by atoms with Gasteiger partial charge in [-0.05, 0) is 0 Å². The molecular weight excluding hydrogens is 327 g/mol. The number of nitrogens with zero attached hydrogens (tertiary/aromatic N) is 1. The fourth-order valence-electron chi connectivity index (χ4n) is 1.54. The third-order valence-electron chi connectivity index (χ3n) is 2.42. The Balaban J connectivity index is 2.30. The zero-order valence-electron chi connectivity index (χ0n) is 10.6. The van der Waals surface area contributed by atoms with Gasteiger partial charge in [-0.25, -0.2) is 0 Å². The Bertz CT molecular complexity index is 666. The molecular formula is C13H14N2O4Se. The SMILES string of the molecule is O=c1cc([Se]c2ccccc2)n(COCCO)c(=O)[nH]1. The number of aliphatic hydroxyl groups excluding tert-OH is 1. The van der Waals surface area contributed by atoms with E-state index >= 15 is 0 Å². The van der Waals surface area contributed by atoms with Crippen LogP contribution in [0.15, 0.2) is 46.0 Å². The number of rotatable bonds is 6. The normalized spacial score (nSPS) is 10.7. The van der Waals surface area contributed by atoms with Gasteiger partial charge in [0.1, 0.15) is 0 Å². The molecule has 0 spiro atoms. The fraction of sp³-hybridized carbons (Fsp3) is 0.231. The van der Waals surface area contributed by atoms with Crippen molar-refractivity contribution < 1.29 is 9.84 Å². The summed E-state index contributed by atoms with van der Waals surface area (Å²) in [7, 11) is 0. The van der Waals surface area contributed by atoms with Crippen LogP contribution >= 0.6 is 0 Å². The number of aliphatic hydroxyl groups is 1. The molecule has 6 nitrogen and oxygen atoms in total. The van der Waals surface area contributed by atoms with Crippen LogP contribution in [0.3, 0.4) is 0 Å². The van der Waals surface area contributed by atoms with Gasteiger partial charge in [-0.3, -0.25) is 0 Å². The number of ether oxygens (including phenoxy) is 1. The quantitative estimate of drug-likeness (QED) is 0.478. The molecule has 0 aliphatic rings. The van der Waals surface area contributed by atoms with Gasteiger partial charge >= 0.3 is 121 Å². The molecule has 0 unspecified atom stereocenters. The maximum absolute atomic E-state index is 11.8. The molecule has 0 atom stereocenters. The molecule has 2 rings (SSSR count).